The summed E-state index contributed by atoms with van der Waals surface area (Å²) in [6.45, 7) is 8.60. The second-order valence-electron chi connectivity index (χ2n) is 6.04. The van der Waals surface area contributed by atoms with E-state index in [0.717, 1.165) is 0 Å². The summed E-state index contributed by atoms with van der Waals surface area (Å²) in [5.74, 6) is -1.16. The number of methoxy groups -OCH3 is 1. The number of nitrogens with one attached hydrogen (secondary N) is 1. The van der Waals surface area contributed by atoms with Gasteiger partial charge in [0.05, 0.1) is 6.61 Å². The monoisotopic (exact) mass is 291 g/mol. The van der Waals surface area contributed by atoms with Crippen LogP contribution in [0.2, 0.25) is 0 Å². The highest BCUT2D eigenvalue weighted by atomic mass is 16.7. The van der Waals surface area contributed by atoms with Crippen LogP contribution in [-0.2, 0) is 19.1 Å². The van der Waals surface area contributed by atoms with Crippen LogP contribution in [0, 0.1) is 5.92 Å². The zero-order valence-corrected chi connectivity index (χ0v) is 13.0. The number of hydroxylamine groups is 1. The Balaban J connectivity index is 4.80. The van der Waals surface area contributed by atoms with E-state index in [1.807, 2.05) is 19.3 Å². The van der Waals surface area contributed by atoms with Crippen LogP contribution in [0.3, 0.4) is 0 Å². The predicted octanol–water partition coefficient (Wildman–Crippen LogP) is 1.96. The first kappa shape index (κ1) is 18.7. The van der Waals surface area contributed by atoms with E-state index in [1.165, 1.54) is 7.11 Å². The highest BCUT2D eigenvalue weighted by Crippen LogP contribution is 2.22. The molecule has 0 aromatic carbocycles. The Morgan fingerprint density at radius 1 is 1.25 bits per heavy atom. The van der Waals surface area contributed by atoms with Gasteiger partial charge in [0.15, 0.2) is 0 Å². The maximum atomic E-state index is 11.5. The molecular weight excluding hydrogens is 266 g/mol. The summed E-state index contributed by atoms with van der Waals surface area (Å²) in [5, 5.41) is 9.35. The van der Waals surface area contributed by atoms with Gasteiger partial charge >= 0.3 is 12.1 Å². The molecule has 0 aromatic heterocycles. The van der Waals surface area contributed by atoms with Gasteiger partial charge in [-0.3, -0.25) is 0 Å². The van der Waals surface area contributed by atoms with Gasteiger partial charge < -0.3 is 14.6 Å². The van der Waals surface area contributed by atoms with Crippen LogP contribution < -0.4 is 5.48 Å². The Bertz CT molecular complexity index is 336. The van der Waals surface area contributed by atoms with E-state index in [4.69, 9.17) is 14.3 Å². The van der Waals surface area contributed by atoms with Crippen molar-refractivity contribution in [2.45, 2.75) is 52.2 Å². The van der Waals surface area contributed by atoms with Gasteiger partial charge in [0.1, 0.15) is 5.60 Å². The molecule has 0 spiro atoms. The molecule has 0 aliphatic carbocycles. The molecule has 0 unspecified atom stereocenters. The summed E-state index contributed by atoms with van der Waals surface area (Å²) in [6.07, 6.45) is -0.658. The normalized spacial score (nSPS) is 14.8. The Kier molecular flexibility index (Phi) is 6.95. The van der Waals surface area contributed by atoms with E-state index in [0.29, 0.717) is 0 Å². The van der Waals surface area contributed by atoms with Crippen LogP contribution in [-0.4, -0.2) is 42.1 Å². The van der Waals surface area contributed by atoms with Gasteiger partial charge in [0.25, 0.3) is 0 Å². The lowest BCUT2D eigenvalue weighted by molar-refractivity contribution is -0.188. The highest BCUT2D eigenvalue weighted by Gasteiger charge is 2.42. The Hall–Kier alpha value is -1.34. The van der Waals surface area contributed by atoms with Crippen LogP contribution >= 0.6 is 0 Å². The average molecular weight is 291 g/mol. The Morgan fingerprint density at radius 3 is 2.15 bits per heavy atom. The minimum atomic E-state index is -1.64. The molecule has 20 heavy (non-hydrogen) atoms. The third-order valence-electron chi connectivity index (χ3n) is 2.23. The summed E-state index contributed by atoms with van der Waals surface area (Å²) in [7, 11) is 1.37. The number of hydrogen-bond acceptors (Lipinski definition) is 5. The van der Waals surface area contributed by atoms with Gasteiger partial charge in [-0.2, -0.15) is 5.48 Å². The Labute approximate surface area is 119 Å². The van der Waals surface area contributed by atoms with E-state index >= 15 is 0 Å². The van der Waals surface area contributed by atoms with Gasteiger partial charge in [-0.25, -0.2) is 14.4 Å². The van der Waals surface area contributed by atoms with Crippen LogP contribution in [0.25, 0.3) is 0 Å². The number of carbonyl (C=O) groups is 2. The molecule has 0 heterocycles. The number of aliphatic carboxylic acids is 1. The van der Waals surface area contributed by atoms with Gasteiger partial charge in [-0.05, 0) is 33.1 Å². The summed E-state index contributed by atoms with van der Waals surface area (Å²) in [4.78, 5) is 28.1. The van der Waals surface area contributed by atoms with Gasteiger partial charge in [-0.15, -0.1) is 0 Å². The maximum Gasteiger partial charge on any atom is 0.431 e. The SMILES string of the molecule is COC[C@](CC(C)C)(ONC(=O)OC(C)(C)C)C(=O)O. The van der Waals surface area contributed by atoms with E-state index in [2.05, 4.69) is 0 Å². The third-order valence-corrected chi connectivity index (χ3v) is 2.23. The first-order valence-corrected chi connectivity index (χ1v) is 6.42. The van der Waals surface area contributed by atoms with Crippen LogP contribution in [0.5, 0.6) is 0 Å². The van der Waals surface area contributed by atoms with Crippen molar-refractivity contribution in [3.8, 4) is 0 Å². The number of carboxylic acids is 1. The second kappa shape index (κ2) is 7.44. The first-order chi connectivity index (χ1) is 9.02. The van der Waals surface area contributed by atoms with Crippen LogP contribution in [0.1, 0.15) is 41.0 Å². The molecule has 7 heteroatoms. The smallest absolute Gasteiger partial charge is 0.431 e. The molecule has 0 fully saturated rings. The number of rotatable bonds is 7. The van der Waals surface area contributed by atoms with Crippen molar-refractivity contribution in [3.05, 3.63) is 0 Å². The molecular formula is C13H25NO6. The van der Waals surface area contributed by atoms with Gasteiger partial charge in [0, 0.05) is 7.11 Å². The molecule has 0 aromatic rings. The van der Waals surface area contributed by atoms with E-state index in [-0.39, 0.29) is 18.9 Å². The fraction of sp³-hybridized carbons (Fsp3) is 0.846. The predicted molar refractivity (Wildman–Crippen MR) is 72.2 cm³/mol. The fourth-order valence-corrected chi connectivity index (χ4v) is 1.65. The zero-order valence-electron chi connectivity index (χ0n) is 13.0. The summed E-state index contributed by atoms with van der Waals surface area (Å²) < 4.78 is 9.89. The van der Waals surface area contributed by atoms with Crippen molar-refractivity contribution in [3.63, 3.8) is 0 Å². The second-order valence-corrected chi connectivity index (χ2v) is 6.04. The quantitative estimate of drug-likeness (QED) is 0.696. The number of ether oxygens (including phenoxy) is 2. The summed E-state index contributed by atoms with van der Waals surface area (Å²) in [5.41, 5.74) is -0.305. The lowest BCUT2D eigenvalue weighted by atomic mass is 9.93. The molecule has 0 aliphatic heterocycles. The summed E-state index contributed by atoms with van der Waals surface area (Å²) in [6, 6.07) is 0. The van der Waals surface area contributed by atoms with E-state index in [1.54, 1.807) is 20.8 Å². The third kappa shape index (κ3) is 6.72. The van der Waals surface area contributed by atoms with Gasteiger partial charge in [-0.1, -0.05) is 13.8 Å². The van der Waals surface area contributed by atoms with Crippen LogP contribution in [0.4, 0.5) is 4.79 Å². The standard InChI is InChI=1S/C13H25NO6/c1-9(2)7-13(8-18-6,10(15)16)20-14-11(17)19-12(3,4)5/h9H,7-8H2,1-6H3,(H,14,17)(H,15,16)/t13-/m0/s1. The first-order valence-electron chi connectivity index (χ1n) is 6.42. The van der Waals surface area contributed by atoms with E-state index < -0.39 is 23.3 Å². The lowest BCUT2D eigenvalue weighted by Gasteiger charge is -2.30. The van der Waals surface area contributed by atoms with Crippen molar-refractivity contribution in [1.29, 1.82) is 0 Å². The number of carboxylic acid groups (broad SMARTS) is 1. The molecule has 0 radical (unpaired) electrons. The van der Waals surface area contributed by atoms with Crippen molar-refractivity contribution in [1.82, 2.24) is 5.48 Å². The fourth-order valence-electron chi connectivity index (χ4n) is 1.65. The number of amides is 1. The van der Waals surface area contributed by atoms with E-state index in [9.17, 15) is 14.7 Å². The molecule has 0 saturated carbocycles. The van der Waals surface area contributed by atoms with Crippen molar-refractivity contribution in [2.24, 2.45) is 5.92 Å². The Morgan fingerprint density at radius 2 is 1.80 bits per heavy atom. The van der Waals surface area contributed by atoms with Crippen molar-refractivity contribution in [2.75, 3.05) is 13.7 Å². The molecule has 0 saturated heterocycles. The molecule has 0 rings (SSSR count). The molecule has 1 amide bonds. The van der Waals surface area contributed by atoms with Gasteiger partial charge in [0.2, 0.25) is 5.60 Å². The highest BCUT2D eigenvalue weighted by molar-refractivity contribution is 5.78. The topological polar surface area (TPSA) is 94.1 Å². The molecule has 7 nitrogen and oxygen atoms in total. The number of carbonyl (C=O) groups excluding carboxylic acids is 1. The molecule has 118 valence electrons. The minimum absolute atomic E-state index is 0.0432. The van der Waals surface area contributed by atoms with Crippen molar-refractivity contribution >= 4 is 12.1 Å². The maximum absolute atomic E-state index is 11.5. The lowest BCUT2D eigenvalue weighted by Crippen LogP contribution is -2.51. The molecule has 2 N–H and O–H groups in total. The summed E-state index contributed by atoms with van der Waals surface area (Å²) >= 11 is 0. The minimum Gasteiger partial charge on any atom is -0.479 e. The zero-order chi connectivity index (χ0) is 16.0. The molecule has 0 bridgehead atoms. The largest absolute Gasteiger partial charge is 0.479 e. The van der Waals surface area contributed by atoms with Crippen molar-refractivity contribution < 1.29 is 29.0 Å². The molecule has 0 aliphatic rings. The number of hydrogen-bond donors (Lipinski definition) is 2. The average Bonchev–Trinajstić information content (AvgIpc) is 2.22. The molecule has 1 atom stereocenters. The van der Waals surface area contributed by atoms with Crippen LogP contribution in [0.15, 0.2) is 0 Å².